The molecule has 1 aromatic rings. The Balaban J connectivity index is 2.52. The van der Waals surface area contributed by atoms with Gasteiger partial charge in [0.05, 0.1) is 7.11 Å². The molecule has 0 radical (unpaired) electrons. The summed E-state index contributed by atoms with van der Waals surface area (Å²) in [6.45, 7) is 1.03. The Hall–Kier alpha value is -0.890. The van der Waals surface area contributed by atoms with E-state index < -0.39 is 0 Å². The number of benzene rings is 1. The third kappa shape index (κ3) is 4.00. The van der Waals surface area contributed by atoms with Crippen molar-refractivity contribution in [3.63, 3.8) is 0 Å². The van der Waals surface area contributed by atoms with Gasteiger partial charge in [0.15, 0.2) is 0 Å². The Labute approximate surface area is 96.8 Å². The molecule has 0 aliphatic rings. The Morgan fingerprint density at radius 3 is 2.80 bits per heavy atom. The molecule has 1 rings (SSSR count). The molecule has 15 heavy (non-hydrogen) atoms. The molecule has 0 spiro atoms. The summed E-state index contributed by atoms with van der Waals surface area (Å²) in [4.78, 5) is 2.22. The zero-order valence-electron chi connectivity index (χ0n) is 9.37. The van der Waals surface area contributed by atoms with Gasteiger partial charge in [0.1, 0.15) is 5.75 Å². The Kier molecular flexibility index (Phi) is 5.33. The van der Waals surface area contributed by atoms with Crippen LogP contribution in [0.15, 0.2) is 24.3 Å². The fraction of sp³-hybridized carbons (Fsp3) is 0.500. The summed E-state index contributed by atoms with van der Waals surface area (Å²) in [6, 6.07) is 8.09. The highest BCUT2D eigenvalue weighted by Gasteiger charge is 2.01. The number of methoxy groups -OCH3 is 1. The smallest absolute Gasteiger partial charge is 0.120 e. The molecule has 84 valence electrons. The minimum absolute atomic E-state index is 0.742. The molecular weight excluding hydrogens is 210 g/mol. The molecule has 0 fully saturated rings. The topological polar surface area (TPSA) is 12.5 Å². The van der Waals surface area contributed by atoms with Gasteiger partial charge in [-0.25, -0.2) is 0 Å². The lowest BCUT2D eigenvalue weighted by Gasteiger charge is -2.19. The van der Waals surface area contributed by atoms with E-state index in [1.807, 2.05) is 18.2 Å². The van der Waals surface area contributed by atoms with Gasteiger partial charge in [-0.15, -0.1) is 11.6 Å². The molecule has 0 saturated heterocycles. The molecule has 0 unspecified atom stereocenters. The molecule has 0 amide bonds. The van der Waals surface area contributed by atoms with Crippen LogP contribution in [0.3, 0.4) is 0 Å². The minimum atomic E-state index is 0.742. The molecule has 3 heteroatoms. The number of ether oxygens (including phenoxy) is 1. The number of rotatable bonds is 6. The average molecular weight is 228 g/mol. The first-order valence-corrected chi connectivity index (χ1v) is 5.72. The van der Waals surface area contributed by atoms with Crippen LogP contribution in [0.2, 0.25) is 0 Å². The maximum absolute atomic E-state index is 5.64. The highest BCUT2D eigenvalue weighted by molar-refractivity contribution is 6.17. The van der Waals surface area contributed by atoms with Crippen LogP contribution >= 0.6 is 11.6 Å². The number of nitrogens with zero attached hydrogens (tertiary/aromatic N) is 1. The van der Waals surface area contributed by atoms with Crippen molar-refractivity contribution in [2.24, 2.45) is 0 Å². The SMILES string of the molecule is COc1cccc(N(C)CCCCCl)c1. The largest absolute Gasteiger partial charge is 0.497 e. The van der Waals surface area contributed by atoms with Gasteiger partial charge in [-0.3, -0.25) is 0 Å². The maximum Gasteiger partial charge on any atom is 0.120 e. The Bertz CT molecular complexity index is 291. The second-order valence-corrected chi connectivity index (χ2v) is 3.90. The van der Waals surface area contributed by atoms with E-state index in [-0.39, 0.29) is 0 Å². The van der Waals surface area contributed by atoms with E-state index in [0.29, 0.717) is 0 Å². The van der Waals surface area contributed by atoms with E-state index in [1.165, 1.54) is 5.69 Å². The minimum Gasteiger partial charge on any atom is -0.497 e. The van der Waals surface area contributed by atoms with Gasteiger partial charge >= 0.3 is 0 Å². The molecule has 0 heterocycles. The van der Waals surface area contributed by atoms with Crippen molar-refractivity contribution in [2.75, 3.05) is 31.5 Å². The molecule has 0 bridgehead atoms. The monoisotopic (exact) mass is 227 g/mol. The van der Waals surface area contributed by atoms with Crippen LogP contribution in [0.4, 0.5) is 5.69 Å². The number of hydrogen-bond donors (Lipinski definition) is 0. The van der Waals surface area contributed by atoms with Crippen LogP contribution in [-0.2, 0) is 0 Å². The molecule has 0 aromatic heterocycles. The van der Waals surface area contributed by atoms with Gasteiger partial charge in [0, 0.05) is 31.2 Å². The van der Waals surface area contributed by atoms with Crippen molar-refractivity contribution in [3.05, 3.63) is 24.3 Å². The molecule has 1 aromatic carbocycles. The highest BCUT2D eigenvalue weighted by Crippen LogP contribution is 2.19. The molecule has 0 aliphatic heterocycles. The fourth-order valence-corrected chi connectivity index (χ4v) is 1.61. The zero-order chi connectivity index (χ0) is 11.1. The number of hydrogen-bond acceptors (Lipinski definition) is 2. The first-order chi connectivity index (χ1) is 7.27. The first-order valence-electron chi connectivity index (χ1n) is 5.19. The van der Waals surface area contributed by atoms with E-state index in [9.17, 15) is 0 Å². The Morgan fingerprint density at radius 1 is 1.33 bits per heavy atom. The van der Waals surface area contributed by atoms with Gasteiger partial charge in [-0.1, -0.05) is 6.07 Å². The Morgan fingerprint density at radius 2 is 2.13 bits per heavy atom. The predicted molar refractivity (Wildman–Crippen MR) is 66.2 cm³/mol. The molecule has 0 N–H and O–H groups in total. The maximum atomic E-state index is 5.64. The summed E-state index contributed by atoms with van der Waals surface area (Å²) >= 11 is 5.64. The lowest BCUT2D eigenvalue weighted by atomic mass is 10.2. The lowest BCUT2D eigenvalue weighted by Crippen LogP contribution is -2.18. The van der Waals surface area contributed by atoms with Crippen molar-refractivity contribution < 1.29 is 4.74 Å². The van der Waals surface area contributed by atoms with E-state index in [2.05, 4.69) is 18.0 Å². The number of unbranched alkanes of at least 4 members (excludes halogenated alkanes) is 1. The van der Waals surface area contributed by atoms with Crippen LogP contribution in [0.5, 0.6) is 5.75 Å². The van der Waals surface area contributed by atoms with Gasteiger partial charge in [0.25, 0.3) is 0 Å². The lowest BCUT2D eigenvalue weighted by molar-refractivity contribution is 0.415. The normalized spacial score (nSPS) is 10.1. The third-order valence-corrected chi connectivity index (χ3v) is 2.64. The second kappa shape index (κ2) is 6.57. The van der Waals surface area contributed by atoms with E-state index in [4.69, 9.17) is 16.3 Å². The predicted octanol–water partition coefficient (Wildman–Crippen LogP) is 3.15. The van der Waals surface area contributed by atoms with Crippen LogP contribution in [-0.4, -0.2) is 26.6 Å². The standard InChI is InChI=1S/C12H18ClNO/c1-14(9-4-3-8-13)11-6-5-7-12(10-11)15-2/h5-7,10H,3-4,8-9H2,1-2H3. The zero-order valence-corrected chi connectivity index (χ0v) is 10.1. The summed E-state index contributed by atoms with van der Waals surface area (Å²) in [5.74, 6) is 1.64. The van der Waals surface area contributed by atoms with Crippen molar-refractivity contribution >= 4 is 17.3 Å². The molecule has 0 aliphatic carbocycles. The van der Waals surface area contributed by atoms with E-state index >= 15 is 0 Å². The molecule has 0 saturated carbocycles. The summed E-state index contributed by atoms with van der Waals surface area (Å²) in [5, 5.41) is 0. The van der Waals surface area contributed by atoms with Gasteiger partial charge in [-0.05, 0) is 25.0 Å². The van der Waals surface area contributed by atoms with Crippen molar-refractivity contribution in [1.82, 2.24) is 0 Å². The van der Waals surface area contributed by atoms with Gasteiger partial charge < -0.3 is 9.64 Å². The average Bonchev–Trinajstić information content (AvgIpc) is 2.29. The fourth-order valence-electron chi connectivity index (χ4n) is 1.42. The van der Waals surface area contributed by atoms with Crippen molar-refractivity contribution in [1.29, 1.82) is 0 Å². The number of halogens is 1. The summed E-state index contributed by atoms with van der Waals surface area (Å²) in [5.41, 5.74) is 1.18. The quantitative estimate of drug-likeness (QED) is 0.547. The van der Waals surface area contributed by atoms with Crippen molar-refractivity contribution in [3.8, 4) is 5.75 Å². The third-order valence-electron chi connectivity index (χ3n) is 2.37. The first kappa shape index (κ1) is 12.2. The molecule has 2 nitrogen and oxygen atoms in total. The highest BCUT2D eigenvalue weighted by atomic mass is 35.5. The summed E-state index contributed by atoms with van der Waals surface area (Å²) in [6.07, 6.45) is 2.19. The van der Waals surface area contributed by atoms with Gasteiger partial charge in [0.2, 0.25) is 0 Å². The molecular formula is C12H18ClNO. The van der Waals surface area contributed by atoms with Crippen LogP contribution < -0.4 is 9.64 Å². The van der Waals surface area contributed by atoms with Crippen molar-refractivity contribution in [2.45, 2.75) is 12.8 Å². The number of alkyl halides is 1. The number of anilines is 1. The summed E-state index contributed by atoms with van der Waals surface area (Å²) in [7, 11) is 3.77. The van der Waals surface area contributed by atoms with Crippen LogP contribution in [0, 0.1) is 0 Å². The summed E-state index contributed by atoms with van der Waals surface area (Å²) < 4.78 is 5.18. The van der Waals surface area contributed by atoms with Gasteiger partial charge in [-0.2, -0.15) is 0 Å². The van der Waals surface area contributed by atoms with Crippen LogP contribution in [0.25, 0.3) is 0 Å². The second-order valence-electron chi connectivity index (χ2n) is 3.52. The van der Waals surface area contributed by atoms with E-state index in [0.717, 1.165) is 31.0 Å². The van der Waals surface area contributed by atoms with E-state index in [1.54, 1.807) is 7.11 Å². The molecule has 0 atom stereocenters. The van der Waals surface area contributed by atoms with Crippen LogP contribution in [0.1, 0.15) is 12.8 Å².